The lowest BCUT2D eigenvalue weighted by molar-refractivity contribution is 1.30. The molecule has 20 heavy (non-hydrogen) atoms. The molecular formula is C17H16N2S. The zero-order valence-electron chi connectivity index (χ0n) is 11.3. The van der Waals surface area contributed by atoms with Crippen LogP contribution in [0.4, 0.5) is 5.69 Å². The third-order valence-electron chi connectivity index (χ3n) is 3.41. The van der Waals surface area contributed by atoms with Crippen LogP contribution in [-0.4, -0.2) is 4.98 Å². The van der Waals surface area contributed by atoms with Gasteiger partial charge in [-0.15, -0.1) is 11.8 Å². The number of para-hydroxylation sites is 1. The van der Waals surface area contributed by atoms with E-state index in [4.69, 9.17) is 5.73 Å². The van der Waals surface area contributed by atoms with Gasteiger partial charge in [-0.25, -0.2) is 0 Å². The molecule has 0 saturated carbocycles. The first-order chi connectivity index (χ1) is 9.75. The fraction of sp³-hybridized carbons (Fsp3) is 0.118. The number of hydrogen-bond donors (Lipinski definition) is 1. The maximum atomic E-state index is 5.98. The van der Waals surface area contributed by atoms with Crippen LogP contribution in [0.3, 0.4) is 0 Å². The normalized spacial score (nSPS) is 10.8. The Morgan fingerprint density at radius 1 is 1.05 bits per heavy atom. The molecule has 0 saturated heterocycles. The smallest absolute Gasteiger partial charge is 0.0942 e. The highest BCUT2D eigenvalue weighted by molar-refractivity contribution is 7.98. The summed E-state index contributed by atoms with van der Waals surface area (Å²) in [7, 11) is 0. The Morgan fingerprint density at radius 3 is 2.75 bits per heavy atom. The van der Waals surface area contributed by atoms with Gasteiger partial charge in [-0.3, -0.25) is 4.98 Å². The highest BCUT2D eigenvalue weighted by Crippen LogP contribution is 2.31. The monoisotopic (exact) mass is 280 g/mol. The third-order valence-corrected chi connectivity index (χ3v) is 4.53. The van der Waals surface area contributed by atoms with Gasteiger partial charge in [0.25, 0.3) is 0 Å². The first kappa shape index (κ1) is 13.0. The molecule has 0 aliphatic rings. The van der Waals surface area contributed by atoms with E-state index in [2.05, 4.69) is 48.3 Å². The summed E-state index contributed by atoms with van der Waals surface area (Å²) in [5.41, 5.74) is 10.3. The molecule has 0 bridgehead atoms. The Morgan fingerprint density at radius 2 is 1.90 bits per heavy atom. The number of fused-ring (bicyclic) bond motifs is 1. The van der Waals surface area contributed by atoms with Gasteiger partial charge in [0.15, 0.2) is 0 Å². The molecule has 0 fully saturated rings. The average Bonchev–Trinajstić information content (AvgIpc) is 2.47. The van der Waals surface area contributed by atoms with E-state index in [1.807, 2.05) is 30.1 Å². The van der Waals surface area contributed by atoms with Crippen molar-refractivity contribution in [2.45, 2.75) is 17.6 Å². The Kier molecular flexibility index (Phi) is 3.61. The number of aryl methyl sites for hydroxylation is 1. The van der Waals surface area contributed by atoms with Crippen LogP contribution in [0.25, 0.3) is 10.9 Å². The van der Waals surface area contributed by atoms with E-state index >= 15 is 0 Å². The number of aromatic nitrogens is 1. The number of benzene rings is 2. The van der Waals surface area contributed by atoms with E-state index in [-0.39, 0.29) is 0 Å². The van der Waals surface area contributed by atoms with Crippen LogP contribution in [0.2, 0.25) is 0 Å². The highest BCUT2D eigenvalue weighted by atomic mass is 32.2. The lowest BCUT2D eigenvalue weighted by Gasteiger charge is -2.08. The van der Waals surface area contributed by atoms with Gasteiger partial charge >= 0.3 is 0 Å². The summed E-state index contributed by atoms with van der Waals surface area (Å²) >= 11 is 1.83. The number of nitrogens with two attached hydrogens (primary N) is 1. The van der Waals surface area contributed by atoms with Crippen LogP contribution in [-0.2, 0) is 5.75 Å². The number of pyridine rings is 1. The number of thioether (sulfide) groups is 1. The van der Waals surface area contributed by atoms with Crippen LogP contribution in [0, 0.1) is 6.92 Å². The van der Waals surface area contributed by atoms with Crippen LogP contribution in [0.5, 0.6) is 0 Å². The van der Waals surface area contributed by atoms with Crippen LogP contribution >= 0.6 is 11.8 Å². The molecule has 0 aliphatic heterocycles. The summed E-state index contributed by atoms with van der Waals surface area (Å²) in [5.74, 6) is 0.959. The fourth-order valence-corrected chi connectivity index (χ4v) is 3.34. The summed E-state index contributed by atoms with van der Waals surface area (Å²) in [5, 5.41) is 1.13. The molecule has 2 N–H and O–H groups in total. The van der Waals surface area contributed by atoms with Crippen molar-refractivity contribution in [3.8, 4) is 0 Å². The van der Waals surface area contributed by atoms with E-state index in [0.29, 0.717) is 0 Å². The van der Waals surface area contributed by atoms with Gasteiger partial charge in [0, 0.05) is 22.2 Å². The molecule has 1 heterocycles. The van der Waals surface area contributed by atoms with Crippen molar-refractivity contribution in [3.05, 3.63) is 65.9 Å². The molecule has 0 spiro atoms. The maximum Gasteiger partial charge on any atom is 0.0942 e. The Labute approximate surface area is 123 Å². The molecule has 3 aromatic rings. The molecule has 2 aromatic carbocycles. The first-order valence-electron chi connectivity index (χ1n) is 6.56. The van der Waals surface area contributed by atoms with Crippen LogP contribution in [0.15, 0.2) is 59.6 Å². The van der Waals surface area contributed by atoms with Gasteiger partial charge in [0.05, 0.1) is 11.2 Å². The molecule has 0 amide bonds. The van der Waals surface area contributed by atoms with Gasteiger partial charge in [0.2, 0.25) is 0 Å². The second-order valence-corrected chi connectivity index (χ2v) is 5.78. The largest absolute Gasteiger partial charge is 0.397 e. The van der Waals surface area contributed by atoms with Gasteiger partial charge in [-0.1, -0.05) is 36.4 Å². The minimum Gasteiger partial charge on any atom is -0.397 e. The van der Waals surface area contributed by atoms with E-state index in [1.54, 1.807) is 0 Å². The van der Waals surface area contributed by atoms with Crippen molar-refractivity contribution in [1.29, 1.82) is 0 Å². The standard InChI is InChI=1S/C17H16N2S/c1-12-5-2-3-6-13(12)11-20-16-9-10-19-17-14(16)7-4-8-15(17)18/h2-10H,11,18H2,1H3. The number of rotatable bonds is 3. The lowest BCUT2D eigenvalue weighted by atomic mass is 10.1. The van der Waals surface area contributed by atoms with Crippen molar-refractivity contribution in [2.24, 2.45) is 0 Å². The summed E-state index contributed by atoms with van der Waals surface area (Å²) < 4.78 is 0. The molecule has 1 aromatic heterocycles. The van der Waals surface area contributed by atoms with E-state index in [1.165, 1.54) is 16.0 Å². The van der Waals surface area contributed by atoms with Crippen LogP contribution < -0.4 is 5.73 Å². The van der Waals surface area contributed by atoms with E-state index < -0.39 is 0 Å². The minimum atomic E-state index is 0.737. The molecule has 2 nitrogen and oxygen atoms in total. The molecule has 0 atom stereocenters. The van der Waals surface area contributed by atoms with Crippen molar-refractivity contribution in [3.63, 3.8) is 0 Å². The summed E-state index contributed by atoms with van der Waals surface area (Å²) in [4.78, 5) is 5.60. The molecule has 0 radical (unpaired) electrons. The molecule has 3 rings (SSSR count). The Hall–Kier alpha value is -2.00. The zero-order valence-corrected chi connectivity index (χ0v) is 12.2. The fourth-order valence-electron chi connectivity index (χ4n) is 2.23. The number of nitrogens with zero attached hydrogens (tertiary/aromatic N) is 1. The number of anilines is 1. The number of nitrogen functional groups attached to an aromatic ring is 1. The molecular weight excluding hydrogens is 264 g/mol. The van der Waals surface area contributed by atoms with Crippen molar-refractivity contribution in [2.75, 3.05) is 5.73 Å². The summed E-state index contributed by atoms with van der Waals surface area (Å²) in [6, 6.07) is 16.5. The first-order valence-corrected chi connectivity index (χ1v) is 7.55. The SMILES string of the molecule is Cc1ccccc1CSc1ccnc2c(N)cccc12. The minimum absolute atomic E-state index is 0.737. The zero-order chi connectivity index (χ0) is 13.9. The quantitative estimate of drug-likeness (QED) is 0.570. The predicted molar refractivity (Wildman–Crippen MR) is 86.9 cm³/mol. The molecule has 3 heteroatoms. The van der Waals surface area contributed by atoms with E-state index in [0.717, 1.165) is 22.3 Å². The van der Waals surface area contributed by atoms with Crippen molar-refractivity contribution < 1.29 is 0 Å². The van der Waals surface area contributed by atoms with Crippen molar-refractivity contribution >= 4 is 28.4 Å². The average molecular weight is 280 g/mol. The molecule has 100 valence electrons. The lowest BCUT2D eigenvalue weighted by Crippen LogP contribution is -1.91. The summed E-state index contributed by atoms with van der Waals surface area (Å²) in [6.45, 7) is 2.15. The topological polar surface area (TPSA) is 38.9 Å². The number of hydrogen-bond acceptors (Lipinski definition) is 3. The van der Waals surface area contributed by atoms with Gasteiger partial charge in [-0.05, 0) is 30.2 Å². The second kappa shape index (κ2) is 5.55. The van der Waals surface area contributed by atoms with Gasteiger partial charge in [0.1, 0.15) is 0 Å². The predicted octanol–water partition coefficient (Wildman–Crippen LogP) is 4.42. The second-order valence-electron chi connectivity index (χ2n) is 4.77. The van der Waals surface area contributed by atoms with E-state index in [9.17, 15) is 0 Å². The van der Waals surface area contributed by atoms with Crippen molar-refractivity contribution in [1.82, 2.24) is 4.98 Å². The van der Waals surface area contributed by atoms with Gasteiger partial charge in [-0.2, -0.15) is 0 Å². The Bertz CT molecular complexity index is 753. The molecule has 0 unspecified atom stereocenters. The highest BCUT2D eigenvalue weighted by Gasteiger charge is 2.06. The van der Waals surface area contributed by atoms with Gasteiger partial charge < -0.3 is 5.73 Å². The Balaban J connectivity index is 1.92. The molecule has 0 aliphatic carbocycles. The van der Waals surface area contributed by atoms with Crippen LogP contribution in [0.1, 0.15) is 11.1 Å². The maximum absolute atomic E-state index is 5.98. The summed E-state index contributed by atoms with van der Waals surface area (Å²) in [6.07, 6.45) is 1.83. The third kappa shape index (κ3) is 2.49.